The fourth-order valence-electron chi connectivity index (χ4n) is 3.78. The summed E-state index contributed by atoms with van der Waals surface area (Å²) in [6.45, 7) is 1.64. The molecule has 1 amide bonds. The minimum Gasteiger partial charge on any atom is -0.380 e. The second-order valence-electron chi connectivity index (χ2n) is 6.90. The molecule has 136 valence electrons. The fourth-order valence-corrected chi connectivity index (χ4v) is 3.78. The Morgan fingerprint density at radius 2 is 1.96 bits per heavy atom. The molecule has 0 bridgehead atoms. The maximum Gasteiger partial charge on any atom is 0.257 e. The number of pyridine rings is 1. The molecule has 0 radical (unpaired) electrons. The second kappa shape index (κ2) is 6.12. The van der Waals surface area contributed by atoms with Gasteiger partial charge in [0.05, 0.1) is 28.4 Å². The molecular weight excluding hydrogens is 342 g/mol. The number of carbonyl (C=O) groups excluding carboxylic acids is 1. The monoisotopic (exact) mass is 361 g/mol. The van der Waals surface area contributed by atoms with Crippen LogP contribution in [-0.2, 0) is 0 Å². The number of hydrogen-bond acceptors (Lipinski definition) is 5. The van der Waals surface area contributed by atoms with Crippen LogP contribution in [0.25, 0.3) is 27.7 Å². The van der Waals surface area contributed by atoms with Gasteiger partial charge in [0.1, 0.15) is 0 Å². The molecule has 7 heteroatoms. The number of benzene rings is 1. The van der Waals surface area contributed by atoms with Gasteiger partial charge in [-0.25, -0.2) is 4.52 Å². The van der Waals surface area contributed by atoms with Crippen LogP contribution in [-0.4, -0.2) is 38.7 Å². The standard InChI is InChI=1S/C20H19N5O2/c21-19-14-8-7-13(11-18(14)27-23-19)16-5-4-6-17-15(12-22-25(16)17)20(26)24-9-2-1-3-10-24/h4-8,11-12H,1-3,9-10H2,(H2,21,23). The van der Waals surface area contributed by atoms with Gasteiger partial charge in [0.2, 0.25) is 0 Å². The van der Waals surface area contributed by atoms with Gasteiger partial charge in [-0.1, -0.05) is 17.3 Å². The van der Waals surface area contributed by atoms with Crippen molar-refractivity contribution in [2.75, 3.05) is 18.8 Å². The van der Waals surface area contributed by atoms with E-state index in [0.29, 0.717) is 17.0 Å². The first kappa shape index (κ1) is 15.9. The van der Waals surface area contributed by atoms with Crippen molar-refractivity contribution in [2.45, 2.75) is 19.3 Å². The number of carbonyl (C=O) groups is 1. The van der Waals surface area contributed by atoms with E-state index < -0.39 is 0 Å². The van der Waals surface area contributed by atoms with Crippen LogP contribution in [0.4, 0.5) is 5.82 Å². The molecule has 1 aromatic carbocycles. The third-order valence-corrected chi connectivity index (χ3v) is 5.21. The summed E-state index contributed by atoms with van der Waals surface area (Å²) < 4.78 is 7.08. The Balaban J connectivity index is 1.59. The summed E-state index contributed by atoms with van der Waals surface area (Å²) in [7, 11) is 0. The number of piperidine rings is 1. The normalized spacial score (nSPS) is 14.9. The molecule has 1 saturated heterocycles. The average Bonchev–Trinajstić information content (AvgIpc) is 3.31. The zero-order valence-corrected chi connectivity index (χ0v) is 14.8. The van der Waals surface area contributed by atoms with Crippen LogP contribution in [0.1, 0.15) is 29.6 Å². The van der Waals surface area contributed by atoms with E-state index in [4.69, 9.17) is 10.3 Å². The number of nitrogens with zero attached hydrogens (tertiary/aromatic N) is 4. The molecule has 5 rings (SSSR count). The summed E-state index contributed by atoms with van der Waals surface area (Å²) in [5.74, 6) is 0.434. The summed E-state index contributed by atoms with van der Waals surface area (Å²) in [6, 6.07) is 11.6. The summed E-state index contributed by atoms with van der Waals surface area (Å²) >= 11 is 0. The first-order valence-electron chi connectivity index (χ1n) is 9.14. The van der Waals surface area contributed by atoms with Gasteiger partial charge in [0.15, 0.2) is 11.4 Å². The van der Waals surface area contributed by atoms with Crippen molar-refractivity contribution in [1.29, 1.82) is 0 Å². The fraction of sp³-hybridized carbons (Fsp3) is 0.250. The lowest BCUT2D eigenvalue weighted by Crippen LogP contribution is -2.35. The highest BCUT2D eigenvalue weighted by Gasteiger charge is 2.22. The van der Waals surface area contributed by atoms with E-state index in [2.05, 4.69) is 10.3 Å². The van der Waals surface area contributed by atoms with Gasteiger partial charge in [-0.2, -0.15) is 5.10 Å². The Morgan fingerprint density at radius 3 is 2.81 bits per heavy atom. The first-order chi connectivity index (χ1) is 13.2. The van der Waals surface area contributed by atoms with E-state index in [1.807, 2.05) is 41.3 Å². The van der Waals surface area contributed by atoms with Crippen molar-refractivity contribution in [1.82, 2.24) is 19.7 Å². The predicted octanol–water partition coefficient (Wildman–Crippen LogP) is 3.35. The van der Waals surface area contributed by atoms with E-state index in [0.717, 1.165) is 48.1 Å². The van der Waals surface area contributed by atoms with Crippen LogP contribution < -0.4 is 5.73 Å². The lowest BCUT2D eigenvalue weighted by atomic mass is 10.1. The van der Waals surface area contributed by atoms with Crippen molar-refractivity contribution < 1.29 is 9.32 Å². The molecule has 1 aliphatic heterocycles. The Morgan fingerprint density at radius 1 is 1.11 bits per heavy atom. The number of hydrogen-bond donors (Lipinski definition) is 1. The van der Waals surface area contributed by atoms with E-state index in [1.165, 1.54) is 6.42 Å². The molecule has 0 saturated carbocycles. The highest BCUT2D eigenvalue weighted by Crippen LogP contribution is 2.28. The Kier molecular flexibility index (Phi) is 3.60. The summed E-state index contributed by atoms with van der Waals surface area (Å²) in [6.07, 6.45) is 4.99. The van der Waals surface area contributed by atoms with E-state index in [-0.39, 0.29) is 5.91 Å². The molecule has 4 aromatic rings. The van der Waals surface area contributed by atoms with E-state index in [1.54, 1.807) is 10.7 Å². The van der Waals surface area contributed by atoms with Crippen molar-refractivity contribution in [3.05, 3.63) is 48.2 Å². The van der Waals surface area contributed by atoms with Crippen molar-refractivity contribution in [2.24, 2.45) is 0 Å². The van der Waals surface area contributed by atoms with Crippen LogP contribution >= 0.6 is 0 Å². The molecule has 0 atom stereocenters. The molecule has 3 aromatic heterocycles. The number of nitrogen functional groups attached to an aromatic ring is 1. The number of nitrogens with two attached hydrogens (primary N) is 1. The number of amides is 1. The van der Waals surface area contributed by atoms with Gasteiger partial charge < -0.3 is 15.2 Å². The summed E-state index contributed by atoms with van der Waals surface area (Å²) in [4.78, 5) is 14.9. The van der Waals surface area contributed by atoms with Crippen molar-refractivity contribution in [3.8, 4) is 11.3 Å². The van der Waals surface area contributed by atoms with Crippen LogP contribution in [0.15, 0.2) is 47.1 Å². The maximum absolute atomic E-state index is 12.9. The predicted molar refractivity (Wildman–Crippen MR) is 102 cm³/mol. The van der Waals surface area contributed by atoms with Gasteiger partial charge in [0, 0.05) is 18.7 Å². The van der Waals surface area contributed by atoms with Crippen LogP contribution in [0.2, 0.25) is 0 Å². The summed E-state index contributed by atoms with van der Waals surface area (Å²) in [5, 5.41) is 9.08. The van der Waals surface area contributed by atoms with Crippen LogP contribution in [0, 0.1) is 0 Å². The number of rotatable bonds is 2. The number of likely N-dealkylation sites (tertiary alicyclic amines) is 1. The third-order valence-electron chi connectivity index (χ3n) is 5.21. The lowest BCUT2D eigenvalue weighted by Gasteiger charge is -2.26. The van der Waals surface area contributed by atoms with E-state index >= 15 is 0 Å². The molecular formula is C20H19N5O2. The SMILES string of the molecule is Nc1noc2cc(-c3cccc4c(C(=O)N5CCCCC5)cnn34)ccc12. The molecule has 1 aliphatic rings. The molecule has 0 aliphatic carbocycles. The minimum absolute atomic E-state index is 0.0558. The molecule has 2 N–H and O–H groups in total. The largest absolute Gasteiger partial charge is 0.380 e. The van der Waals surface area contributed by atoms with Crippen molar-refractivity contribution in [3.63, 3.8) is 0 Å². The molecule has 1 fully saturated rings. The maximum atomic E-state index is 12.9. The van der Waals surface area contributed by atoms with Gasteiger partial charge in [-0.15, -0.1) is 0 Å². The Bertz CT molecular complexity index is 1150. The Labute approximate surface area is 155 Å². The number of anilines is 1. The van der Waals surface area contributed by atoms with Crippen LogP contribution in [0.3, 0.4) is 0 Å². The molecule has 0 unspecified atom stereocenters. The quantitative estimate of drug-likeness (QED) is 0.591. The molecule has 27 heavy (non-hydrogen) atoms. The average molecular weight is 361 g/mol. The molecule has 4 heterocycles. The highest BCUT2D eigenvalue weighted by atomic mass is 16.5. The lowest BCUT2D eigenvalue weighted by molar-refractivity contribution is 0.0726. The van der Waals surface area contributed by atoms with E-state index in [9.17, 15) is 4.79 Å². The second-order valence-corrected chi connectivity index (χ2v) is 6.90. The summed E-state index contributed by atoms with van der Waals surface area (Å²) in [5.41, 5.74) is 9.67. The number of aromatic nitrogens is 3. The minimum atomic E-state index is 0.0558. The first-order valence-corrected chi connectivity index (χ1v) is 9.14. The van der Waals surface area contributed by atoms with Gasteiger partial charge in [-0.05, 0) is 43.5 Å². The van der Waals surface area contributed by atoms with Gasteiger partial charge in [0.25, 0.3) is 5.91 Å². The van der Waals surface area contributed by atoms with Crippen LogP contribution in [0.5, 0.6) is 0 Å². The number of fused-ring (bicyclic) bond motifs is 2. The smallest absolute Gasteiger partial charge is 0.257 e. The van der Waals surface area contributed by atoms with Crippen molar-refractivity contribution >= 4 is 28.2 Å². The topological polar surface area (TPSA) is 89.7 Å². The highest BCUT2D eigenvalue weighted by molar-refractivity contribution is 6.01. The molecule has 7 nitrogen and oxygen atoms in total. The van der Waals surface area contributed by atoms with Gasteiger partial charge >= 0.3 is 0 Å². The zero-order valence-electron chi connectivity index (χ0n) is 14.8. The molecule has 0 spiro atoms. The zero-order chi connectivity index (χ0) is 18.4. The Hall–Kier alpha value is -3.35. The van der Waals surface area contributed by atoms with Gasteiger partial charge in [-0.3, -0.25) is 4.79 Å². The third kappa shape index (κ3) is 2.54.